The molecule has 1 saturated carbocycles. The van der Waals surface area contributed by atoms with Crippen molar-refractivity contribution >= 4 is 72.8 Å². The van der Waals surface area contributed by atoms with E-state index in [1.807, 2.05) is 99.2 Å². The summed E-state index contributed by atoms with van der Waals surface area (Å²) < 4.78 is 15.7. The number of nitrogens with one attached hydrogen (secondary N) is 2. The number of pyridine rings is 1. The van der Waals surface area contributed by atoms with Gasteiger partial charge in [0.25, 0.3) is 5.91 Å². The van der Waals surface area contributed by atoms with Crippen molar-refractivity contribution in [3.8, 4) is 16.9 Å². The van der Waals surface area contributed by atoms with E-state index in [1.165, 1.54) is 29.9 Å². The average Bonchev–Trinajstić information content (AvgIpc) is 4.02. The lowest BCUT2D eigenvalue weighted by atomic mass is 9.84. The fraction of sp³-hybridized carbons (Fsp3) is 0.417. The Labute approximate surface area is 448 Å². The van der Waals surface area contributed by atoms with E-state index in [-0.39, 0.29) is 29.5 Å². The number of piperazine rings is 1. The number of amides is 3. The molecule has 15 nitrogen and oxygen atoms in total. The minimum atomic E-state index is -0.732. The number of nitrogens with zero attached hydrogens (tertiary/aromatic N) is 7. The molecule has 4 aliphatic rings. The number of piperidine rings is 1. The number of rotatable bonds is 13. The number of carbonyl (C=O) groups excluding carboxylic acids is 4. The summed E-state index contributed by atoms with van der Waals surface area (Å²) in [4.78, 5) is 69.2. The average molecular weight is 1040 g/mol. The lowest BCUT2D eigenvalue weighted by Crippen LogP contribution is -2.46. The van der Waals surface area contributed by atoms with Crippen LogP contribution in [0.25, 0.3) is 32.2 Å². The van der Waals surface area contributed by atoms with Gasteiger partial charge in [0.2, 0.25) is 11.8 Å². The second-order valence-electron chi connectivity index (χ2n) is 22.0. The zero-order valence-corrected chi connectivity index (χ0v) is 45.0. The van der Waals surface area contributed by atoms with Gasteiger partial charge in [0.15, 0.2) is 10.8 Å². The smallest absolute Gasteiger partial charge is 0.358 e. The summed E-state index contributed by atoms with van der Waals surface area (Å²) >= 11 is 1.45. The van der Waals surface area contributed by atoms with E-state index >= 15 is 0 Å². The standard InChI is InChI=1S/C60H67N9O6S/c1-37-42(43-24-26-52(62-55(43)58(73)75-60(2,3)4)69-30-28-39-12-8-14-44(47(39)36-69)56(71)64-59-61-48-15-6-7-17-51(48)76-59)13-9-16-50(37)74-41-21-18-38(19-22-41)11-10-29-67-31-33-68(34-32-67)40-20-23-45-49(35-40)66(5)65-54(45)46-25-27-53(70)63-57(46)72/h6-9,12-17,20,23-24,26,35,38,41,46H,10-11,18-19,21-22,25,27-34,36H2,1-5H3,(H,61,64,71)(H,63,70,72)/t38-,41-,46?. The van der Waals surface area contributed by atoms with Crippen molar-refractivity contribution in [1.82, 2.24) is 30.0 Å². The number of imide groups is 1. The summed E-state index contributed by atoms with van der Waals surface area (Å²) in [6, 6.07) is 30.2. The molecule has 0 spiro atoms. The summed E-state index contributed by atoms with van der Waals surface area (Å²) in [7, 11) is 1.92. The van der Waals surface area contributed by atoms with Gasteiger partial charge in [0.05, 0.1) is 33.4 Å². The van der Waals surface area contributed by atoms with Crippen LogP contribution in [-0.2, 0) is 34.3 Å². The number of para-hydroxylation sites is 1. The molecule has 11 rings (SSSR count). The highest BCUT2D eigenvalue weighted by atomic mass is 32.1. The quantitative estimate of drug-likeness (QED) is 0.0831. The van der Waals surface area contributed by atoms with Gasteiger partial charge in [0.1, 0.15) is 17.2 Å². The topological polar surface area (TPSA) is 164 Å². The van der Waals surface area contributed by atoms with Crippen LogP contribution in [0.2, 0.25) is 0 Å². The number of anilines is 3. The highest BCUT2D eigenvalue weighted by molar-refractivity contribution is 7.22. The summed E-state index contributed by atoms with van der Waals surface area (Å²) in [5.41, 5.74) is 8.44. The van der Waals surface area contributed by atoms with E-state index < -0.39 is 17.5 Å². The lowest BCUT2D eigenvalue weighted by Gasteiger charge is -2.36. The number of hydrogen-bond donors (Lipinski definition) is 2. The van der Waals surface area contributed by atoms with Gasteiger partial charge >= 0.3 is 5.97 Å². The number of hydrogen-bond acceptors (Lipinski definition) is 13. The van der Waals surface area contributed by atoms with Crippen molar-refractivity contribution in [2.75, 3.05) is 54.4 Å². The van der Waals surface area contributed by atoms with Crippen LogP contribution in [-0.4, -0.2) is 99.3 Å². The molecule has 2 saturated heterocycles. The third-order valence-electron chi connectivity index (χ3n) is 15.7. The first kappa shape index (κ1) is 51.0. The second-order valence-corrected chi connectivity index (χ2v) is 23.0. The number of ether oxygens (including phenoxy) is 2. The number of benzene rings is 4. The van der Waals surface area contributed by atoms with E-state index in [9.17, 15) is 19.2 Å². The van der Waals surface area contributed by atoms with Crippen molar-refractivity contribution in [2.45, 2.75) is 110 Å². The predicted molar refractivity (Wildman–Crippen MR) is 298 cm³/mol. The molecule has 4 aromatic carbocycles. The molecular weight excluding hydrogens is 975 g/mol. The van der Waals surface area contributed by atoms with Gasteiger partial charge in [-0.1, -0.05) is 47.7 Å². The zero-order valence-electron chi connectivity index (χ0n) is 44.2. The van der Waals surface area contributed by atoms with Gasteiger partial charge in [-0.2, -0.15) is 5.10 Å². The number of carbonyl (C=O) groups is 4. The molecule has 3 fully saturated rings. The zero-order chi connectivity index (χ0) is 52.7. The predicted octanol–water partition coefficient (Wildman–Crippen LogP) is 10.4. The van der Waals surface area contributed by atoms with Gasteiger partial charge in [-0.3, -0.25) is 34.6 Å². The van der Waals surface area contributed by atoms with Crippen LogP contribution < -0.4 is 25.2 Å². The highest BCUT2D eigenvalue weighted by Gasteiger charge is 2.33. The van der Waals surface area contributed by atoms with E-state index in [1.54, 1.807) is 0 Å². The van der Waals surface area contributed by atoms with E-state index in [0.29, 0.717) is 53.9 Å². The summed E-state index contributed by atoms with van der Waals surface area (Å²) in [6.07, 6.45) is 8.36. The van der Waals surface area contributed by atoms with Crippen LogP contribution in [0.4, 0.5) is 16.6 Å². The third-order valence-corrected chi connectivity index (χ3v) is 16.7. The fourth-order valence-corrected chi connectivity index (χ4v) is 12.5. The molecule has 16 heteroatoms. The SMILES string of the molecule is Cc1c(O[C@H]2CC[C@H](CCCN3CCN(c4ccc5c(C6CCC(=O)NC6=O)nn(C)c5c4)CC3)CC2)cccc1-c1ccc(N2CCc3cccc(C(=O)Nc4nc5ccccc5s4)c3C2)nc1C(=O)OC(C)(C)C. The van der Waals surface area contributed by atoms with Crippen LogP contribution in [0.1, 0.15) is 121 Å². The largest absolute Gasteiger partial charge is 0.490 e. The van der Waals surface area contributed by atoms with Crippen molar-refractivity contribution in [1.29, 1.82) is 0 Å². The Hall–Kier alpha value is -7.17. The fourth-order valence-electron chi connectivity index (χ4n) is 11.7. The Kier molecular flexibility index (Phi) is 14.4. The van der Waals surface area contributed by atoms with Crippen molar-refractivity contribution in [2.24, 2.45) is 13.0 Å². The Balaban J connectivity index is 0.692. The lowest BCUT2D eigenvalue weighted by molar-refractivity contribution is -0.134. The van der Waals surface area contributed by atoms with E-state index in [2.05, 4.69) is 61.5 Å². The highest BCUT2D eigenvalue weighted by Crippen LogP contribution is 2.39. The molecule has 394 valence electrons. The minimum absolute atomic E-state index is 0.119. The molecule has 1 atom stereocenters. The normalized spacial score (nSPS) is 19.4. The van der Waals surface area contributed by atoms with Crippen molar-refractivity contribution in [3.63, 3.8) is 0 Å². The van der Waals surface area contributed by atoms with Crippen LogP contribution >= 0.6 is 11.3 Å². The van der Waals surface area contributed by atoms with Gasteiger partial charge in [-0.15, -0.1) is 0 Å². The molecule has 0 radical (unpaired) electrons. The van der Waals surface area contributed by atoms with Crippen molar-refractivity contribution in [3.05, 3.63) is 125 Å². The number of aromatic nitrogens is 4. The van der Waals surface area contributed by atoms with Gasteiger partial charge in [0, 0.05) is 74.9 Å². The van der Waals surface area contributed by atoms with Crippen LogP contribution in [0.5, 0.6) is 5.75 Å². The second kappa shape index (κ2) is 21.5. The Morgan fingerprint density at radius 3 is 2.42 bits per heavy atom. The first-order chi connectivity index (χ1) is 36.7. The molecule has 3 aliphatic heterocycles. The van der Waals surface area contributed by atoms with Crippen LogP contribution in [0, 0.1) is 12.8 Å². The summed E-state index contributed by atoms with van der Waals surface area (Å²) in [6.45, 7) is 13.8. The third kappa shape index (κ3) is 10.9. The Morgan fingerprint density at radius 2 is 1.63 bits per heavy atom. The molecule has 1 unspecified atom stereocenters. The number of thiazole rings is 1. The number of fused-ring (bicyclic) bond motifs is 3. The van der Waals surface area contributed by atoms with Gasteiger partial charge < -0.3 is 19.3 Å². The molecular formula is C60H67N9O6S. The van der Waals surface area contributed by atoms with Crippen molar-refractivity contribution < 1.29 is 28.7 Å². The molecule has 2 N–H and O–H groups in total. The monoisotopic (exact) mass is 1040 g/mol. The Morgan fingerprint density at radius 1 is 0.829 bits per heavy atom. The Bertz CT molecular complexity index is 3310. The molecule has 3 aromatic heterocycles. The molecule has 1 aliphatic carbocycles. The summed E-state index contributed by atoms with van der Waals surface area (Å²) in [5, 5.41) is 11.8. The molecule has 6 heterocycles. The van der Waals surface area contributed by atoms with Crippen LogP contribution in [0.15, 0.2) is 91.0 Å². The maximum absolute atomic E-state index is 14.1. The van der Waals surface area contributed by atoms with Gasteiger partial charge in [-0.05, 0) is 168 Å². The maximum Gasteiger partial charge on any atom is 0.358 e. The molecule has 7 aromatic rings. The van der Waals surface area contributed by atoms with Gasteiger partial charge in [-0.25, -0.2) is 14.8 Å². The van der Waals surface area contributed by atoms with E-state index in [0.717, 1.165) is 120 Å². The minimum Gasteiger partial charge on any atom is -0.490 e. The number of aryl methyl sites for hydroxylation is 1. The first-order valence-corrected chi connectivity index (χ1v) is 27.8. The van der Waals surface area contributed by atoms with Crippen LogP contribution in [0.3, 0.4) is 0 Å². The van der Waals surface area contributed by atoms with E-state index in [4.69, 9.17) is 19.6 Å². The number of esters is 1. The summed E-state index contributed by atoms with van der Waals surface area (Å²) in [5.74, 6) is 0.569. The molecule has 3 amide bonds. The molecule has 76 heavy (non-hydrogen) atoms. The molecule has 0 bridgehead atoms. The maximum atomic E-state index is 14.1. The first-order valence-electron chi connectivity index (χ1n) is 27.0.